The Bertz CT molecular complexity index is 1600. The minimum absolute atomic E-state index is 0.0947. The van der Waals surface area contributed by atoms with Gasteiger partial charge in [0.2, 0.25) is 0 Å². The number of amides is 3. The Morgan fingerprint density at radius 3 is 2.52 bits per heavy atom. The van der Waals surface area contributed by atoms with Gasteiger partial charge in [0.25, 0.3) is 22.7 Å². The van der Waals surface area contributed by atoms with Gasteiger partial charge in [0, 0.05) is 48.2 Å². The van der Waals surface area contributed by atoms with Crippen LogP contribution in [-0.2, 0) is 9.59 Å². The van der Waals surface area contributed by atoms with E-state index in [1.54, 1.807) is 24.3 Å². The summed E-state index contributed by atoms with van der Waals surface area (Å²) in [5.41, 5.74) is 3.50. The molecule has 3 aromatic rings. The maximum absolute atomic E-state index is 13.2. The zero-order valence-corrected chi connectivity index (χ0v) is 25.8. The summed E-state index contributed by atoms with van der Waals surface area (Å²) in [6.07, 6.45) is 1.58. The number of imide groups is 1. The molecule has 0 bridgehead atoms. The van der Waals surface area contributed by atoms with Crippen molar-refractivity contribution < 1.29 is 28.8 Å². The Kier molecular flexibility index (Phi) is 10.6. The highest BCUT2D eigenvalue weighted by Crippen LogP contribution is 2.35. The summed E-state index contributed by atoms with van der Waals surface area (Å²) in [4.78, 5) is 52.6. The van der Waals surface area contributed by atoms with Crippen molar-refractivity contribution in [1.29, 1.82) is 0 Å². The molecule has 3 amide bonds. The van der Waals surface area contributed by atoms with Crippen LogP contribution < -0.4 is 19.7 Å². The van der Waals surface area contributed by atoms with Crippen molar-refractivity contribution in [3.8, 4) is 11.5 Å². The highest BCUT2D eigenvalue weighted by atomic mass is 32.2. The van der Waals surface area contributed by atoms with Gasteiger partial charge < -0.3 is 19.7 Å². The Hall–Kier alpha value is -4.84. The van der Waals surface area contributed by atoms with Gasteiger partial charge in [-0.1, -0.05) is 18.2 Å². The lowest BCUT2D eigenvalue weighted by Crippen LogP contribution is -2.32. The third kappa shape index (κ3) is 7.95. The molecule has 3 aromatic carbocycles. The summed E-state index contributed by atoms with van der Waals surface area (Å²) in [5, 5.41) is 13.3. The van der Waals surface area contributed by atoms with Crippen molar-refractivity contribution >= 4 is 52.0 Å². The van der Waals surface area contributed by atoms with E-state index in [9.17, 15) is 24.5 Å². The maximum atomic E-state index is 13.2. The average molecular weight is 619 g/mol. The number of anilines is 2. The lowest BCUT2D eigenvalue weighted by molar-refractivity contribution is -0.384. The van der Waals surface area contributed by atoms with Crippen molar-refractivity contribution in [2.24, 2.45) is 0 Å². The van der Waals surface area contributed by atoms with Crippen LogP contribution in [0.25, 0.3) is 6.08 Å². The lowest BCUT2D eigenvalue weighted by atomic mass is 10.1. The minimum Gasteiger partial charge on any atom is -0.491 e. The van der Waals surface area contributed by atoms with Gasteiger partial charge in [-0.2, -0.15) is 0 Å². The molecule has 0 saturated carbocycles. The first-order chi connectivity index (χ1) is 21.1. The summed E-state index contributed by atoms with van der Waals surface area (Å²) in [6.45, 7) is 9.28. The molecule has 1 N–H and O–H groups in total. The van der Waals surface area contributed by atoms with Gasteiger partial charge in [0.1, 0.15) is 18.1 Å². The Balaban J connectivity index is 1.49. The topological polar surface area (TPSA) is 131 Å². The van der Waals surface area contributed by atoms with Crippen LogP contribution >= 0.6 is 11.8 Å². The molecule has 4 rings (SSSR count). The number of nitrogens with one attached hydrogen (secondary N) is 1. The fraction of sp³-hybridized carbons (Fsp3) is 0.281. The molecule has 11 nitrogen and oxygen atoms in total. The molecule has 12 heteroatoms. The molecule has 0 radical (unpaired) electrons. The largest absolute Gasteiger partial charge is 0.491 e. The Morgan fingerprint density at radius 2 is 1.80 bits per heavy atom. The number of non-ortho nitro benzene ring substituents is 1. The number of nitro benzene ring substituents is 1. The monoisotopic (exact) mass is 618 g/mol. The molecular weight excluding hydrogens is 584 g/mol. The number of hydrogen-bond acceptors (Lipinski definition) is 9. The number of thioether (sulfide) groups is 1. The van der Waals surface area contributed by atoms with E-state index in [2.05, 4.69) is 10.2 Å². The first-order valence-electron chi connectivity index (χ1n) is 14.1. The fourth-order valence-corrected chi connectivity index (χ4v) is 5.39. The van der Waals surface area contributed by atoms with Crippen molar-refractivity contribution in [2.75, 3.05) is 43.1 Å². The van der Waals surface area contributed by atoms with Gasteiger partial charge in [-0.3, -0.25) is 29.4 Å². The fourth-order valence-electron chi connectivity index (χ4n) is 4.53. The summed E-state index contributed by atoms with van der Waals surface area (Å²) in [5.74, 6) is 0.0892. The van der Waals surface area contributed by atoms with Crippen LogP contribution in [0.15, 0.2) is 65.6 Å². The quantitative estimate of drug-likeness (QED) is 0.135. The molecule has 1 aliphatic rings. The molecule has 1 heterocycles. The third-order valence-electron chi connectivity index (χ3n) is 6.90. The standard InChI is InChI=1S/C32H34N4O7S/c1-5-34(6-2)25-13-12-23(28(19-25)43-20-30(37)33-24-8-7-9-26(18-24)36(40)41)17-29-31(38)35(32(39)44-29)14-15-42-27-16-21(3)10-11-22(27)4/h7-13,16-19H,5-6,14-15,20H2,1-4H3,(H,33,37)/b29-17-. The van der Waals surface area contributed by atoms with Gasteiger partial charge in [0.05, 0.1) is 16.4 Å². The summed E-state index contributed by atoms with van der Waals surface area (Å²) in [7, 11) is 0. The van der Waals surface area contributed by atoms with Crippen LogP contribution in [0.4, 0.5) is 21.9 Å². The first-order valence-corrected chi connectivity index (χ1v) is 14.9. The highest BCUT2D eigenvalue weighted by molar-refractivity contribution is 8.18. The van der Waals surface area contributed by atoms with E-state index in [0.29, 0.717) is 17.1 Å². The molecule has 1 saturated heterocycles. The molecule has 0 aromatic heterocycles. The van der Waals surface area contributed by atoms with Crippen LogP contribution in [-0.4, -0.2) is 59.7 Å². The van der Waals surface area contributed by atoms with Crippen molar-refractivity contribution in [3.05, 3.63) is 92.4 Å². The van der Waals surface area contributed by atoms with Gasteiger partial charge in [-0.15, -0.1) is 0 Å². The number of rotatable bonds is 13. The van der Waals surface area contributed by atoms with E-state index in [-0.39, 0.29) is 36.0 Å². The van der Waals surface area contributed by atoms with Crippen LogP contribution in [0.1, 0.15) is 30.5 Å². The second-order valence-electron chi connectivity index (χ2n) is 9.99. The Labute approximate surface area is 260 Å². The highest BCUT2D eigenvalue weighted by Gasteiger charge is 2.35. The summed E-state index contributed by atoms with van der Waals surface area (Å²) >= 11 is 0.829. The van der Waals surface area contributed by atoms with Crippen molar-refractivity contribution in [2.45, 2.75) is 27.7 Å². The second kappa shape index (κ2) is 14.6. The molecule has 0 spiro atoms. The SMILES string of the molecule is CCN(CC)c1ccc(/C=C2\SC(=O)N(CCOc3cc(C)ccc3C)C2=O)c(OCC(=O)Nc2cccc([N+](=O)[O-])c2)c1. The third-order valence-corrected chi connectivity index (χ3v) is 7.81. The van der Waals surface area contributed by atoms with E-state index < -0.39 is 22.0 Å². The zero-order chi connectivity index (χ0) is 31.8. The van der Waals surface area contributed by atoms with Crippen LogP contribution in [0, 0.1) is 24.0 Å². The number of carbonyl (C=O) groups is 3. The number of carbonyl (C=O) groups excluding carboxylic acids is 3. The van der Waals surface area contributed by atoms with E-state index in [1.165, 1.54) is 18.2 Å². The Morgan fingerprint density at radius 1 is 1.02 bits per heavy atom. The zero-order valence-electron chi connectivity index (χ0n) is 25.0. The van der Waals surface area contributed by atoms with Crippen LogP contribution in [0.3, 0.4) is 0 Å². The number of nitro groups is 1. The predicted octanol–water partition coefficient (Wildman–Crippen LogP) is 6.19. The second-order valence-corrected chi connectivity index (χ2v) is 11.0. The normalized spacial score (nSPS) is 13.7. The average Bonchev–Trinajstić information content (AvgIpc) is 3.26. The van der Waals surface area contributed by atoms with E-state index in [4.69, 9.17) is 9.47 Å². The van der Waals surface area contributed by atoms with E-state index in [0.717, 1.165) is 46.6 Å². The molecule has 44 heavy (non-hydrogen) atoms. The molecule has 0 aliphatic carbocycles. The van der Waals surface area contributed by atoms with E-state index >= 15 is 0 Å². The number of hydrogen-bond donors (Lipinski definition) is 1. The number of nitrogens with zero attached hydrogens (tertiary/aromatic N) is 3. The molecule has 1 aliphatic heterocycles. The summed E-state index contributed by atoms with van der Waals surface area (Å²) in [6, 6.07) is 16.9. The van der Waals surface area contributed by atoms with Crippen molar-refractivity contribution in [1.82, 2.24) is 4.90 Å². The molecule has 230 valence electrons. The molecular formula is C32H34N4O7S. The van der Waals surface area contributed by atoms with Crippen LogP contribution in [0.2, 0.25) is 0 Å². The molecule has 0 unspecified atom stereocenters. The number of aryl methyl sites for hydroxylation is 2. The maximum Gasteiger partial charge on any atom is 0.293 e. The molecule has 1 fully saturated rings. The van der Waals surface area contributed by atoms with E-state index in [1.807, 2.05) is 52.0 Å². The number of ether oxygens (including phenoxy) is 2. The number of benzene rings is 3. The van der Waals surface area contributed by atoms with Gasteiger partial charge >= 0.3 is 0 Å². The smallest absolute Gasteiger partial charge is 0.293 e. The molecule has 0 atom stereocenters. The lowest BCUT2D eigenvalue weighted by Gasteiger charge is -2.22. The summed E-state index contributed by atoms with van der Waals surface area (Å²) < 4.78 is 11.8. The first kappa shape index (κ1) is 32.1. The van der Waals surface area contributed by atoms with Gasteiger partial charge in [-0.25, -0.2) is 0 Å². The predicted molar refractivity (Wildman–Crippen MR) is 171 cm³/mol. The van der Waals surface area contributed by atoms with Crippen molar-refractivity contribution in [3.63, 3.8) is 0 Å². The minimum atomic E-state index is -0.545. The van der Waals surface area contributed by atoms with Gasteiger partial charge in [0.15, 0.2) is 6.61 Å². The van der Waals surface area contributed by atoms with Crippen LogP contribution in [0.5, 0.6) is 11.5 Å². The van der Waals surface area contributed by atoms with Gasteiger partial charge in [-0.05, 0) is 80.9 Å².